The molecule has 0 unspecified atom stereocenters. The van der Waals surface area contributed by atoms with Crippen LogP contribution in [0, 0.1) is 13.8 Å². The fourth-order valence-corrected chi connectivity index (χ4v) is 2.43. The zero-order valence-corrected chi connectivity index (χ0v) is 12.0. The fourth-order valence-electron chi connectivity index (χ4n) is 2.43. The third kappa shape index (κ3) is 3.62. The number of pyridine rings is 1. The third-order valence-corrected chi connectivity index (χ3v) is 3.42. The molecule has 1 aliphatic rings. The Hall–Kier alpha value is -1.30. The van der Waals surface area contributed by atoms with Crippen molar-refractivity contribution < 1.29 is 13.2 Å². The molecule has 1 fully saturated rings. The first kappa shape index (κ1) is 15.1. The maximum absolute atomic E-state index is 12.8. The van der Waals surface area contributed by atoms with Crippen LogP contribution in [0.5, 0.6) is 0 Å². The highest BCUT2D eigenvalue weighted by Crippen LogP contribution is 2.36. The molecule has 112 valence electrons. The van der Waals surface area contributed by atoms with E-state index in [-0.39, 0.29) is 6.04 Å². The molecule has 3 nitrogen and oxygen atoms in total. The summed E-state index contributed by atoms with van der Waals surface area (Å²) >= 11 is 0. The minimum atomic E-state index is -4.21. The number of aryl methyl sites for hydroxylation is 2. The van der Waals surface area contributed by atoms with Crippen molar-refractivity contribution in [2.45, 2.75) is 45.5 Å². The fraction of sp³-hybridized carbons (Fsp3) is 0.643. The quantitative estimate of drug-likeness (QED) is 0.902. The van der Waals surface area contributed by atoms with Gasteiger partial charge in [0.1, 0.15) is 12.4 Å². The van der Waals surface area contributed by atoms with Crippen LogP contribution in [0.1, 0.15) is 29.7 Å². The van der Waals surface area contributed by atoms with Gasteiger partial charge in [0.05, 0.1) is 0 Å². The first-order valence-corrected chi connectivity index (χ1v) is 6.77. The largest absolute Gasteiger partial charge is 0.405 e. The van der Waals surface area contributed by atoms with Crippen molar-refractivity contribution in [2.24, 2.45) is 0 Å². The van der Waals surface area contributed by atoms with E-state index in [2.05, 4.69) is 10.3 Å². The van der Waals surface area contributed by atoms with Crippen LogP contribution in [0.2, 0.25) is 0 Å². The van der Waals surface area contributed by atoms with Gasteiger partial charge in [-0.3, -0.25) is 0 Å². The van der Waals surface area contributed by atoms with Crippen LogP contribution >= 0.6 is 0 Å². The molecule has 0 spiro atoms. The second-order valence-corrected chi connectivity index (χ2v) is 5.39. The van der Waals surface area contributed by atoms with Crippen LogP contribution in [-0.4, -0.2) is 30.8 Å². The number of halogens is 3. The van der Waals surface area contributed by atoms with E-state index in [9.17, 15) is 13.2 Å². The summed E-state index contributed by atoms with van der Waals surface area (Å²) in [6.07, 6.45) is -2.59. The maximum atomic E-state index is 12.8. The Bertz CT molecular complexity index is 481. The van der Waals surface area contributed by atoms with E-state index in [0.29, 0.717) is 12.4 Å². The average molecular weight is 287 g/mol. The molecule has 1 aromatic heterocycles. The molecule has 1 saturated carbocycles. The Morgan fingerprint density at radius 1 is 1.35 bits per heavy atom. The van der Waals surface area contributed by atoms with Gasteiger partial charge in [0.25, 0.3) is 0 Å². The second kappa shape index (κ2) is 5.60. The van der Waals surface area contributed by atoms with Crippen molar-refractivity contribution in [3.63, 3.8) is 0 Å². The van der Waals surface area contributed by atoms with Crippen molar-refractivity contribution in [2.75, 3.05) is 18.5 Å². The zero-order valence-electron chi connectivity index (χ0n) is 12.0. The summed E-state index contributed by atoms with van der Waals surface area (Å²) in [6, 6.07) is 1.88. The standard InChI is InChI=1S/C14H20F3N3/c1-9-6-10(2)19-13(12(9)7-18-3)20(11-4-5-11)8-14(15,16)17/h6,11,18H,4-5,7-8H2,1-3H3. The zero-order chi connectivity index (χ0) is 14.9. The number of anilines is 1. The lowest BCUT2D eigenvalue weighted by Crippen LogP contribution is -2.37. The van der Waals surface area contributed by atoms with Crippen LogP contribution < -0.4 is 10.2 Å². The lowest BCUT2D eigenvalue weighted by atomic mass is 10.1. The Morgan fingerprint density at radius 2 is 2.00 bits per heavy atom. The van der Waals surface area contributed by atoms with Gasteiger partial charge in [-0.2, -0.15) is 13.2 Å². The molecule has 1 heterocycles. The van der Waals surface area contributed by atoms with Gasteiger partial charge >= 0.3 is 6.18 Å². The number of nitrogens with one attached hydrogen (secondary N) is 1. The summed E-state index contributed by atoms with van der Waals surface area (Å²) in [7, 11) is 1.79. The minimum Gasteiger partial charge on any atom is -0.344 e. The molecule has 0 amide bonds. The lowest BCUT2D eigenvalue weighted by molar-refractivity contribution is -0.120. The third-order valence-electron chi connectivity index (χ3n) is 3.42. The molecule has 0 aromatic carbocycles. The highest BCUT2D eigenvalue weighted by atomic mass is 19.4. The number of hydrogen-bond donors (Lipinski definition) is 1. The highest BCUT2D eigenvalue weighted by Gasteiger charge is 2.39. The Morgan fingerprint density at radius 3 is 2.50 bits per heavy atom. The molecule has 0 radical (unpaired) electrons. The summed E-state index contributed by atoms with van der Waals surface area (Å²) in [5, 5.41) is 3.01. The van der Waals surface area contributed by atoms with Crippen LogP contribution in [0.4, 0.5) is 19.0 Å². The van der Waals surface area contributed by atoms with E-state index >= 15 is 0 Å². The molecule has 1 aromatic rings. The Balaban J connectivity index is 2.41. The van der Waals surface area contributed by atoms with Crippen molar-refractivity contribution in [1.82, 2.24) is 10.3 Å². The van der Waals surface area contributed by atoms with Crippen molar-refractivity contribution in [3.05, 3.63) is 22.9 Å². The molecule has 0 bridgehead atoms. The van der Waals surface area contributed by atoms with E-state index in [1.807, 2.05) is 19.9 Å². The molecule has 2 rings (SSSR count). The first-order chi connectivity index (χ1) is 9.31. The number of hydrogen-bond acceptors (Lipinski definition) is 3. The molecular weight excluding hydrogens is 267 g/mol. The molecule has 0 saturated heterocycles. The maximum Gasteiger partial charge on any atom is 0.405 e. The van der Waals surface area contributed by atoms with Gasteiger partial charge in [0.2, 0.25) is 0 Å². The Labute approximate surface area is 117 Å². The van der Waals surface area contributed by atoms with E-state index in [1.165, 1.54) is 4.90 Å². The molecule has 0 aliphatic heterocycles. The lowest BCUT2D eigenvalue weighted by Gasteiger charge is -2.28. The van der Waals surface area contributed by atoms with E-state index in [0.717, 1.165) is 29.7 Å². The monoisotopic (exact) mass is 287 g/mol. The van der Waals surface area contributed by atoms with Gasteiger partial charge in [-0.1, -0.05) is 0 Å². The second-order valence-electron chi connectivity index (χ2n) is 5.39. The van der Waals surface area contributed by atoms with Gasteiger partial charge in [-0.15, -0.1) is 0 Å². The summed E-state index contributed by atoms with van der Waals surface area (Å²) in [5.74, 6) is 0.483. The molecule has 1 aliphatic carbocycles. The van der Waals surface area contributed by atoms with Crippen LogP contribution in [0.25, 0.3) is 0 Å². The molecule has 20 heavy (non-hydrogen) atoms. The molecule has 6 heteroatoms. The summed E-state index contributed by atoms with van der Waals surface area (Å²) in [6.45, 7) is 3.33. The van der Waals surface area contributed by atoms with Gasteiger partial charge in [-0.05, 0) is 45.4 Å². The van der Waals surface area contributed by atoms with E-state index in [4.69, 9.17) is 0 Å². The highest BCUT2D eigenvalue weighted by molar-refractivity contribution is 5.53. The number of rotatable bonds is 5. The van der Waals surface area contributed by atoms with Gasteiger partial charge in [-0.25, -0.2) is 4.98 Å². The topological polar surface area (TPSA) is 28.2 Å². The smallest absolute Gasteiger partial charge is 0.344 e. The first-order valence-electron chi connectivity index (χ1n) is 6.77. The number of aromatic nitrogens is 1. The predicted octanol–water partition coefficient (Wildman–Crippen LogP) is 2.95. The van der Waals surface area contributed by atoms with Gasteiger partial charge in [0.15, 0.2) is 0 Å². The number of nitrogens with zero attached hydrogens (tertiary/aromatic N) is 2. The number of alkyl halides is 3. The molecular formula is C14H20F3N3. The summed E-state index contributed by atoms with van der Waals surface area (Å²) < 4.78 is 38.4. The SMILES string of the molecule is CNCc1c(C)cc(C)nc1N(CC(F)(F)F)C1CC1. The predicted molar refractivity (Wildman–Crippen MR) is 72.9 cm³/mol. The van der Waals surface area contributed by atoms with Gasteiger partial charge < -0.3 is 10.2 Å². The van der Waals surface area contributed by atoms with Gasteiger partial charge in [0, 0.05) is 23.8 Å². The van der Waals surface area contributed by atoms with E-state index < -0.39 is 12.7 Å². The molecule has 1 N–H and O–H groups in total. The van der Waals surface area contributed by atoms with Crippen LogP contribution in [0.15, 0.2) is 6.07 Å². The molecule has 0 atom stereocenters. The van der Waals surface area contributed by atoms with Crippen molar-refractivity contribution >= 4 is 5.82 Å². The van der Waals surface area contributed by atoms with Crippen molar-refractivity contribution in [3.8, 4) is 0 Å². The Kier molecular flexibility index (Phi) is 4.22. The van der Waals surface area contributed by atoms with Crippen molar-refractivity contribution in [1.29, 1.82) is 0 Å². The minimum absolute atomic E-state index is 0.0269. The van der Waals surface area contributed by atoms with E-state index in [1.54, 1.807) is 7.05 Å². The summed E-state index contributed by atoms with van der Waals surface area (Å²) in [4.78, 5) is 5.81. The van der Waals surface area contributed by atoms with Crippen LogP contribution in [0.3, 0.4) is 0 Å². The normalized spacial score (nSPS) is 15.5. The average Bonchev–Trinajstić information content (AvgIpc) is 3.12. The summed E-state index contributed by atoms with van der Waals surface area (Å²) in [5.41, 5.74) is 2.59. The van der Waals surface area contributed by atoms with Crippen LogP contribution in [-0.2, 0) is 6.54 Å².